The van der Waals surface area contributed by atoms with Crippen LogP contribution in [0.3, 0.4) is 0 Å². The maximum atomic E-state index is 5.42. The summed E-state index contributed by atoms with van der Waals surface area (Å²) in [6.45, 7) is 8.90. The van der Waals surface area contributed by atoms with Crippen LogP contribution in [0.15, 0.2) is 4.52 Å². The molecule has 0 aliphatic carbocycles. The first kappa shape index (κ1) is 13.1. The molecule has 0 aromatic carbocycles. The Morgan fingerprint density at radius 2 is 2.19 bits per heavy atom. The Hall–Kier alpha value is -0.940. The van der Waals surface area contributed by atoms with Crippen molar-refractivity contribution >= 4 is 0 Å². The van der Waals surface area contributed by atoms with Gasteiger partial charge in [-0.3, -0.25) is 0 Å². The minimum absolute atomic E-state index is 0.0733. The molecular formula is C11H21N3O2. The van der Waals surface area contributed by atoms with Crippen LogP contribution < -0.4 is 5.32 Å². The number of hydrogen-bond acceptors (Lipinski definition) is 5. The zero-order chi connectivity index (χ0) is 12.2. The Kier molecular flexibility index (Phi) is 4.44. The van der Waals surface area contributed by atoms with E-state index >= 15 is 0 Å². The fourth-order valence-electron chi connectivity index (χ4n) is 1.41. The van der Waals surface area contributed by atoms with Crippen molar-refractivity contribution in [2.24, 2.45) is 0 Å². The minimum atomic E-state index is -0.465. The smallest absolute Gasteiger partial charge is 0.243 e. The predicted molar refractivity (Wildman–Crippen MR) is 61.0 cm³/mol. The maximum Gasteiger partial charge on any atom is 0.243 e. The summed E-state index contributed by atoms with van der Waals surface area (Å²) in [7, 11) is 1.66. The first-order valence-corrected chi connectivity index (χ1v) is 5.70. The average Bonchev–Trinajstić information content (AvgIpc) is 2.78. The number of aromatic nitrogens is 2. The van der Waals surface area contributed by atoms with E-state index in [1.165, 1.54) is 0 Å². The van der Waals surface area contributed by atoms with Crippen LogP contribution in [-0.2, 0) is 10.3 Å². The fourth-order valence-corrected chi connectivity index (χ4v) is 1.41. The van der Waals surface area contributed by atoms with E-state index in [1.54, 1.807) is 7.11 Å². The summed E-state index contributed by atoms with van der Waals surface area (Å²) in [5.41, 5.74) is -0.465. The molecule has 0 aliphatic rings. The van der Waals surface area contributed by atoms with Crippen molar-refractivity contribution in [3.05, 3.63) is 11.7 Å². The molecule has 0 radical (unpaired) electrons. The molecule has 16 heavy (non-hydrogen) atoms. The summed E-state index contributed by atoms with van der Waals surface area (Å²) in [4.78, 5) is 4.38. The molecule has 92 valence electrons. The number of nitrogens with zero attached hydrogens (tertiary/aromatic N) is 2. The number of rotatable bonds is 6. The second-order valence-electron chi connectivity index (χ2n) is 4.02. The van der Waals surface area contributed by atoms with Crippen molar-refractivity contribution in [2.45, 2.75) is 45.8 Å². The molecule has 1 aromatic rings. The standard InChI is InChI=1S/C11H21N3O2/c1-6-11(4,15-5)10-13-9(16-14-10)8(3)12-7-2/h8,12H,6-7H2,1-5H3. The summed E-state index contributed by atoms with van der Waals surface area (Å²) in [6.07, 6.45) is 0.804. The van der Waals surface area contributed by atoms with Gasteiger partial charge in [-0.1, -0.05) is 19.0 Å². The Labute approximate surface area is 96.6 Å². The summed E-state index contributed by atoms with van der Waals surface area (Å²) in [6, 6.07) is 0.0733. The highest BCUT2D eigenvalue weighted by Crippen LogP contribution is 2.26. The lowest BCUT2D eigenvalue weighted by molar-refractivity contribution is -0.0106. The van der Waals surface area contributed by atoms with Crippen LogP contribution in [0.5, 0.6) is 0 Å². The van der Waals surface area contributed by atoms with Gasteiger partial charge in [0.2, 0.25) is 11.7 Å². The Morgan fingerprint density at radius 1 is 1.50 bits per heavy atom. The molecule has 1 heterocycles. The van der Waals surface area contributed by atoms with E-state index in [0.717, 1.165) is 13.0 Å². The van der Waals surface area contributed by atoms with E-state index in [9.17, 15) is 0 Å². The van der Waals surface area contributed by atoms with E-state index in [-0.39, 0.29) is 6.04 Å². The van der Waals surface area contributed by atoms with Gasteiger partial charge in [0.25, 0.3) is 0 Å². The van der Waals surface area contributed by atoms with Gasteiger partial charge in [-0.25, -0.2) is 0 Å². The number of methoxy groups -OCH3 is 1. The Morgan fingerprint density at radius 3 is 2.69 bits per heavy atom. The summed E-state index contributed by atoms with van der Waals surface area (Å²) < 4.78 is 10.6. The van der Waals surface area contributed by atoms with Gasteiger partial charge in [-0.05, 0) is 26.8 Å². The Balaban J connectivity index is 2.85. The lowest BCUT2D eigenvalue weighted by Gasteiger charge is -2.21. The molecule has 0 aliphatic heterocycles. The molecule has 1 N–H and O–H groups in total. The van der Waals surface area contributed by atoms with E-state index in [1.807, 2.05) is 27.7 Å². The lowest BCUT2D eigenvalue weighted by atomic mass is 10.0. The van der Waals surface area contributed by atoms with Crippen molar-refractivity contribution in [3.8, 4) is 0 Å². The molecule has 0 amide bonds. The third-order valence-electron chi connectivity index (χ3n) is 2.92. The van der Waals surface area contributed by atoms with Crippen LogP contribution in [0.1, 0.15) is 51.9 Å². The van der Waals surface area contributed by atoms with Crippen LogP contribution in [0.4, 0.5) is 0 Å². The van der Waals surface area contributed by atoms with E-state index in [4.69, 9.17) is 9.26 Å². The second kappa shape index (κ2) is 5.41. The average molecular weight is 227 g/mol. The zero-order valence-corrected chi connectivity index (χ0v) is 10.7. The minimum Gasteiger partial charge on any atom is -0.370 e. The molecule has 0 saturated carbocycles. The molecule has 0 spiro atoms. The van der Waals surface area contributed by atoms with Crippen LogP contribution >= 0.6 is 0 Å². The predicted octanol–water partition coefficient (Wildman–Crippen LogP) is 2.01. The highest BCUT2D eigenvalue weighted by molar-refractivity contribution is 5.00. The van der Waals surface area contributed by atoms with Gasteiger partial charge in [0.15, 0.2) is 0 Å². The summed E-state index contributed by atoms with van der Waals surface area (Å²) in [5, 5.41) is 7.21. The number of hydrogen-bond donors (Lipinski definition) is 1. The lowest BCUT2D eigenvalue weighted by Crippen LogP contribution is -2.25. The van der Waals surface area contributed by atoms with Crippen LogP contribution in [0.25, 0.3) is 0 Å². The van der Waals surface area contributed by atoms with Gasteiger partial charge in [-0.15, -0.1) is 0 Å². The number of ether oxygens (including phenoxy) is 1. The highest BCUT2D eigenvalue weighted by atomic mass is 16.5. The van der Waals surface area contributed by atoms with Gasteiger partial charge in [0.05, 0.1) is 6.04 Å². The molecule has 0 saturated heterocycles. The summed E-state index contributed by atoms with van der Waals surface area (Å²) in [5.74, 6) is 1.21. The normalized spacial score (nSPS) is 17.1. The first-order valence-electron chi connectivity index (χ1n) is 5.70. The topological polar surface area (TPSA) is 60.2 Å². The van der Waals surface area contributed by atoms with E-state index in [0.29, 0.717) is 11.7 Å². The van der Waals surface area contributed by atoms with Crippen molar-refractivity contribution in [1.82, 2.24) is 15.5 Å². The van der Waals surface area contributed by atoms with Gasteiger partial charge >= 0.3 is 0 Å². The molecule has 5 nitrogen and oxygen atoms in total. The van der Waals surface area contributed by atoms with Gasteiger partial charge < -0.3 is 14.6 Å². The van der Waals surface area contributed by atoms with Crippen molar-refractivity contribution in [1.29, 1.82) is 0 Å². The molecule has 2 atom stereocenters. The SMILES string of the molecule is CCNC(C)c1nc(C(C)(CC)OC)no1. The van der Waals surface area contributed by atoms with Crippen molar-refractivity contribution in [3.63, 3.8) is 0 Å². The third kappa shape index (κ3) is 2.59. The third-order valence-corrected chi connectivity index (χ3v) is 2.92. The molecule has 0 fully saturated rings. The molecule has 0 bridgehead atoms. The molecule has 1 aromatic heterocycles. The van der Waals surface area contributed by atoms with Crippen LogP contribution in [0.2, 0.25) is 0 Å². The van der Waals surface area contributed by atoms with Crippen molar-refractivity contribution < 1.29 is 9.26 Å². The second-order valence-corrected chi connectivity index (χ2v) is 4.02. The Bertz CT molecular complexity index is 321. The quantitative estimate of drug-likeness (QED) is 0.805. The highest BCUT2D eigenvalue weighted by Gasteiger charge is 2.30. The summed E-state index contributed by atoms with van der Waals surface area (Å²) >= 11 is 0. The largest absolute Gasteiger partial charge is 0.370 e. The number of nitrogens with one attached hydrogen (secondary N) is 1. The monoisotopic (exact) mass is 227 g/mol. The van der Waals surface area contributed by atoms with Gasteiger partial charge in [0, 0.05) is 7.11 Å². The molecule has 5 heteroatoms. The van der Waals surface area contributed by atoms with Crippen LogP contribution in [-0.4, -0.2) is 23.8 Å². The maximum absolute atomic E-state index is 5.42. The van der Waals surface area contributed by atoms with Crippen LogP contribution in [0, 0.1) is 0 Å². The van der Waals surface area contributed by atoms with Gasteiger partial charge in [-0.2, -0.15) is 4.98 Å². The zero-order valence-electron chi connectivity index (χ0n) is 10.7. The molecular weight excluding hydrogens is 206 g/mol. The fraction of sp³-hybridized carbons (Fsp3) is 0.818. The molecule has 1 rings (SSSR count). The van der Waals surface area contributed by atoms with Crippen molar-refractivity contribution in [2.75, 3.05) is 13.7 Å². The van der Waals surface area contributed by atoms with E-state index in [2.05, 4.69) is 15.5 Å². The first-order chi connectivity index (χ1) is 7.57. The van der Waals surface area contributed by atoms with Gasteiger partial charge in [0.1, 0.15) is 5.60 Å². The van der Waals surface area contributed by atoms with E-state index < -0.39 is 5.60 Å². The molecule has 2 unspecified atom stereocenters.